The number of hydrogen-bond acceptors (Lipinski definition) is 3. The zero-order valence-corrected chi connectivity index (χ0v) is 9.27. The molecule has 2 aliphatic rings. The molecule has 1 saturated heterocycles. The van der Waals surface area contributed by atoms with Gasteiger partial charge in [0, 0.05) is 24.3 Å². The summed E-state index contributed by atoms with van der Waals surface area (Å²) in [4.78, 5) is 15.5. The number of ether oxygens (including phenoxy) is 1. The molecular formula is C12H17NO2. The van der Waals surface area contributed by atoms with E-state index in [0.717, 1.165) is 12.8 Å². The highest BCUT2D eigenvalue weighted by Gasteiger charge is 2.36. The molecule has 3 unspecified atom stereocenters. The van der Waals surface area contributed by atoms with Gasteiger partial charge in [0.15, 0.2) is 0 Å². The minimum absolute atomic E-state index is 0.0188. The Labute approximate surface area is 90.2 Å². The molecule has 3 atom stereocenters. The number of cyclic esters (lactones) is 1. The van der Waals surface area contributed by atoms with Crippen LogP contribution >= 0.6 is 0 Å². The lowest BCUT2D eigenvalue weighted by molar-refractivity contribution is -0.141. The van der Waals surface area contributed by atoms with Crippen LogP contribution in [-0.2, 0) is 9.53 Å². The lowest BCUT2D eigenvalue weighted by atomic mass is 9.85. The first kappa shape index (κ1) is 10.4. The summed E-state index contributed by atoms with van der Waals surface area (Å²) >= 11 is 0. The van der Waals surface area contributed by atoms with Gasteiger partial charge in [-0.1, -0.05) is 13.8 Å². The first-order valence-electron chi connectivity index (χ1n) is 5.61. The highest BCUT2D eigenvalue weighted by Crippen LogP contribution is 2.33. The predicted octanol–water partition coefficient (Wildman–Crippen LogP) is 2.18. The van der Waals surface area contributed by atoms with Crippen molar-refractivity contribution in [3.05, 3.63) is 11.8 Å². The maximum Gasteiger partial charge on any atom is 0.309 e. The second kappa shape index (κ2) is 4.17. The van der Waals surface area contributed by atoms with E-state index in [-0.39, 0.29) is 11.9 Å². The molecule has 15 heavy (non-hydrogen) atoms. The maximum atomic E-state index is 11.4. The van der Waals surface area contributed by atoms with E-state index in [2.05, 4.69) is 11.9 Å². The van der Waals surface area contributed by atoms with E-state index in [9.17, 15) is 4.79 Å². The van der Waals surface area contributed by atoms with Gasteiger partial charge in [0.05, 0.1) is 12.5 Å². The van der Waals surface area contributed by atoms with E-state index < -0.39 is 0 Å². The van der Waals surface area contributed by atoms with Gasteiger partial charge in [-0.2, -0.15) is 0 Å². The third-order valence-electron chi connectivity index (χ3n) is 3.38. The minimum Gasteiger partial charge on any atom is -0.465 e. The number of esters is 1. The first-order valence-corrected chi connectivity index (χ1v) is 5.61. The highest BCUT2D eigenvalue weighted by atomic mass is 16.5. The van der Waals surface area contributed by atoms with E-state index in [0.29, 0.717) is 18.4 Å². The number of aliphatic imine (C=N–C) groups is 1. The van der Waals surface area contributed by atoms with Crippen molar-refractivity contribution in [1.82, 2.24) is 0 Å². The lowest BCUT2D eigenvalue weighted by Gasteiger charge is -2.15. The number of carbonyl (C=O) groups excluding carboxylic acids is 1. The lowest BCUT2D eigenvalue weighted by Crippen LogP contribution is -2.16. The van der Waals surface area contributed by atoms with Gasteiger partial charge in [-0.15, -0.1) is 0 Å². The fourth-order valence-electron chi connectivity index (χ4n) is 2.33. The SMILES string of the molecule is CCC1C(=O)OCC1CC1=CN=CC1C. The number of nitrogens with zero attached hydrogens (tertiary/aromatic N) is 1. The molecule has 82 valence electrons. The zero-order valence-electron chi connectivity index (χ0n) is 9.27. The van der Waals surface area contributed by atoms with Crippen LogP contribution in [0.15, 0.2) is 16.8 Å². The molecule has 2 rings (SSSR count). The molecule has 0 aromatic rings. The van der Waals surface area contributed by atoms with E-state index in [1.54, 1.807) is 0 Å². The standard InChI is InChI=1S/C12H17NO2/c1-3-11-10(7-15-12(11)14)4-9-6-13-5-8(9)2/h5-6,8,10-11H,3-4,7H2,1-2H3. The van der Waals surface area contributed by atoms with Crippen molar-refractivity contribution in [2.24, 2.45) is 22.7 Å². The topological polar surface area (TPSA) is 38.7 Å². The van der Waals surface area contributed by atoms with Gasteiger partial charge in [0.1, 0.15) is 0 Å². The van der Waals surface area contributed by atoms with Crippen LogP contribution in [-0.4, -0.2) is 18.8 Å². The van der Waals surface area contributed by atoms with Gasteiger partial charge < -0.3 is 4.74 Å². The molecule has 3 heteroatoms. The molecule has 3 nitrogen and oxygen atoms in total. The molecule has 0 bridgehead atoms. The third kappa shape index (κ3) is 1.96. The van der Waals surface area contributed by atoms with Crippen LogP contribution in [0.25, 0.3) is 0 Å². The summed E-state index contributed by atoms with van der Waals surface area (Å²) in [7, 11) is 0. The van der Waals surface area contributed by atoms with Crippen molar-refractivity contribution in [3.63, 3.8) is 0 Å². The average Bonchev–Trinajstić information content (AvgIpc) is 2.76. The highest BCUT2D eigenvalue weighted by molar-refractivity contribution is 5.75. The van der Waals surface area contributed by atoms with Crippen LogP contribution in [0.1, 0.15) is 26.7 Å². The van der Waals surface area contributed by atoms with Crippen molar-refractivity contribution in [2.75, 3.05) is 6.61 Å². The fourth-order valence-corrected chi connectivity index (χ4v) is 2.33. The quantitative estimate of drug-likeness (QED) is 0.665. The molecule has 0 aromatic heterocycles. The molecule has 0 aliphatic carbocycles. The Morgan fingerprint density at radius 1 is 1.60 bits per heavy atom. The predicted molar refractivity (Wildman–Crippen MR) is 58.6 cm³/mol. The van der Waals surface area contributed by atoms with Crippen molar-refractivity contribution in [3.8, 4) is 0 Å². The number of allylic oxidation sites excluding steroid dienone is 1. The van der Waals surface area contributed by atoms with Crippen LogP contribution in [0, 0.1) is 17.8 Å². The average molecular weight is 207 g/mol. The Balaban J connectivity index is 1.98. The summed E-state index contributed by atoms with van der Waals surface area (Å²) < 4.78 is 5.11. The molecule has 0 radical (unpaired) electrons. The molecule has 2 heterocycles. The normalized spacial score (nSPS) is 34.4. The zero-order chi connectivity index (χ0) is 10.8. The Morgan fingerprint density at radius 3 is 3.00 bits per heavy atom. The van der Waals surface area contributed by atoms with Crippen LogP contribution in [0.3, 0.4) is 0 Å². The molecular weight excluding hydrogens is 190 g/mol. The summed E-state index contributed by atoms with van der Waals surface area (Å²) in [5.41, 5.74) is 1.33. The Hall–Kier alpha value is -1.12. The van der Waals surface area contributed by atoms with Crippen molar-refractivity contribution in [2.45, 2.75) is 26.7 Å². The molecule has 0 spiro atoms. The molecule has 1 fully saturated rings. The van der Waals surface area contributed by atoms with Gasteiger partial charge in [-0.3, -0.25) is 9.79 Å². The van der Waals surface area contributed by atoms with Gasteiger partial charge in [0.2, 0.25) is 0 Å². The number of carbonyl (C=O) groups is 1. The summed E-state index contributed by atoms with van der Waals surface area (Å²) in [6.45, 7) is 4.77. The second-order valence-electron chi connectivity index (χ2n) is 4.40. The summed E-state index contributed by atoms with van der Waals surface area (Å²) in [5.74, 6) is 0.865. The second-order valence-corrected chi connectivity index (χ2v) is 4.40. The summed E-state index contributed by atoms with van der Waals surface area (Å²) in [5, 5.41) is 0. The van der Waals surface area contributed by atoms with Crippen LogP contribution in [0.5, 0.6) is 0 Å². The Morgan fingerprint density at radius 2 is 2.40 bits per heavy atom. The molecule has 0 saturated carbocycles. The number of rotatable bonds is 3. The fraction of sp³-hybridized carbons (Fsp3) is 0.667. The van der Waals surface area contributed by atoms with Crippen LogP contribution < -0.4 is 0 Å². The van der Waals surface area contributed by atoms with Gasteiger partial charge in [0.25, 0.3) is 0 Å². The maximum absolute atomic E-state index is 11.4. The third-order valence-corrected chi connectivity index (χ3v) is 3.38. The van der Waals surface area contributed by atoms with Gasteiger partial charge in [-0.25, -0.2) is 0 Å². The minimum atomic E-state index is -0.0188. The van der Waals surface area contributed by atoms with Gasteiger partial charge in [-0.05, 0) is 18.4 Å². The molecule has 0 aromatic carbocycles. The Kier molecular flexibility index (Phi) is 2.89. The number of hydrogen-bond donors (Lipinski definition) is 0. The summed E-state index contributed by atoms with van der Waals surface area (Å²) in [6, 6.07) is 0. The van der Waals surface area contributed by atoms with Crippen molar-refractivity contribution >= 4 is 12.2 Å². The van der Waals surface area contributed by atoms with E-state index in [1.165, 1.54) is 5.57 Å². The first-order chi connectivity index (χ1) is 7.22. The van der Waals surface area contributed by atoms with Crippen molar-refractivity contribution < 1.29 is 9.53 Å². The van der Waals surface area contributed by atoms with Gasteiger partial charge >= 0.3 is 5.97 Å². The largest absolute Gasteiger partial charge is 0.465 e. The smallest absolute Gasteiger partial charge is 0.309 e. The molecule has 0 N–H and O–H groups in total. The van der Waals surface area contributed by atoms with E-state index in [4.69, 9.17) is 4.74 Å². The van der Waals surface area contributed by atoms with Crippen LogP contribution in [0.2, 0.25) is 0 Å². The monoisotopic (exact) mass is 207 g/mol. The van der Waals surface area contributed by atoms with Crippen molar-refractivity contribution in [1.29, 1.82) is 0 Å². The summed E-state index contributed by atoms with van der Waals surface area (Å²) in [6.07, 6.45) is 5.71. The van der Waals surface area contributed by atoms with E-state index in [1.807, 2.05) is 19.3 Å². The van der Waals surface area contributed by atoms with Crippen LogP contribution in [0.4, 0.5) is 0 Å². The van der Waals surface area contributed by atoms with E-state index >= 15 is 0 Å². The Bertz CT molecular complexity index is 320. The molecule has 2 aliphatic heterocycles. The molecule has 0 amide bonds.